The lowest BCUT2D eigenvalue weighted by Gasteiger charge is -2.20. The largest absolute Gasteiger partial charge is 0.493 e. The van der Waals surface area contributed by atoms with Crippen molar-refractivity contribution in [1.29, 1.82) is 0 Å². The van der Waals surface area contributed by atoms with Crippen LogP contribution in [0.5, 0.6) is 17.2 Å². The number of benzene rings is 1. The molecule has 0 N–H and O–H groups in total. The molecule has 0 saturated heterocycles. The van der Waals surface area contributed by atoms with Crippen molar-refractivity contribution in [3.63, 3.8) is 0 Å². The van der Waals surface area contributed by atoms with Gasteiger partial charge in [-0.25, -0.2) is 0 Å². The molecule has 1 aromatic carbocycles. The van der Waals surface area contributed by atoms with E-state index in [1.165, 1.54) is 6.08 Å². The van der Waals surface area contributed by atoms with Crippen LogP contribution in [0.1, 0.15) is 5.56 Å². The van der Waals surface area contributed by atoms with Gasteiger partial charge in [0, 0.05) is 13.1 Å². The van der Waals surface area contributed by atoms with Crippen molar-refractivity contribution in [1.82, 2.24) is 4.90 Å². The Bertz CT molecular complexity index is 514. The van der Waals surface area contributed by atoms with Gasteiger partial charge in [0.2, 0.25) is 11.7 Å². The average molecular weight is 305 g/mol. The number of carbonyl (C=O) groups excluding carboxylic acids is 1. The maximum absolute atomic E-state index is 11.8. The molecule has 0 unspecified atom stereocenters. The highest BCUT2D eigenvalue weighted by molar-refractivity contribution is 5.87. The van der Waals surface area contributed by atoms with E-state index in [2.05, 4.69) is 13.2 Å². The molecule has 0 aliphatic rings. The number of nitrogens with zero attached hydrogens (tertiary/aromatic N) is 1. The molecule has 1 rings (SSSR count). The molecule has 0 spiro atoms. The molecule has 0 radical (unpaired) electrons. The minimum atomic E-state index is -0.118. The molecule has 0 heterocycles. The van der Waals surface area contributed by atoms with E-state index in [9.17, 15) is 4.79 Å². The lowest BCUT2D eigenvalue weighted by molar-refractivity contribution is -0.125. The zero-order valence-corrected chi connectivity index (χ0v) is 13.4. The van der Waals surface area contributed by atoms with E-state index in [1.807, 2.05) is 12.1 Å². The van der Waals surface area contributed by atoms with Crippen LogP contribution in [0.2, 0.25) is 0 Å². The molecular weight excluding hydrogens is 282 g/mol. The third-order valence-corrected chi connectivity index (χ3v) is 3.23. The standard InChI is InChI=1S/C17H23NO4/c1-6-9-18(16(19)7-2)10-8-13-11-14(20-3)17(22-5)15(12-13)21-4/h6-7,11-12H,1-2,8-10H2,3-5H3. The lowest BCUT2D eigenvalue weighted by atomic mass is 10.1. The van der Waals surface area contributed by atoms with E-state index < -0.39 is 0 Å². The van der Waals surface area contributed by atoms with Gasteiger partial charge in [0.15, 0.2) is 11.5 Å². The Hall–Kier alpha value is -2.43. The molecule has 0 atom stereocenters. The summed E-state index contributed by atoms with van der Waals surface area (Å²) in [6.45, 7) is 8.21. The summed E-state index contributed by atoms with van der Waals surface area (Å²) in [7, 11) is 4.72. The number of rotatable bonds is 9. The second-order valence-electron chi connectivity index (χ2n) is 4.56. The fraction of sp³-hybridized carbons (Fsp3) is 0.353. The first-order chi connectivity index (χ1) is 10.6. The minimum Gasteiger partial charge on any atom is -0.493 e. The van der Waals surface area contributed by atoms with Crippen molar-refractivity contribution < 1.29 is 19.0 Å². The van der Waals surface area contributed by atoms with Crippen LogP contribution in [-0.4, -0.2) is 45.2 Å². The second-order valence-corrected chi connectivity index (χ2v) is 4.56. The van der Waals surface area contributed by atoms with Crippen LogP contribution in [-0.2, 0) is 11.2 Å². The summed E-state index contributed by atoms with van der Waals surface area (Å²) in [4.78, 5) is 13.4. The first-order valence-electron chi connectivity index (χ1n) is 6.92. The van der Waals surface area contributed by atoms with Crippen LogP contribution >= 0.6 is 0 Å². The number of carbonyl (C=O) groups is 1. The van der Waals surface area contributed by atoms with E-state index in [-0.39, 0.29) is 5.91 Å². The number of methoxy groups -OCH3 is 3. The van der Waals surface area contributed by atoms with Crippen molar-refractivity contribution in [3.05, 3.63) is 43.0 Å². The summed E-state index contributed by atoms with van der Waals surface area (Å²) in [5, 5.41) is 0. The first-order valence-corrected chi connectivity index (χ1v) is 6.92. The van der Waals surface area contributed by atoms with Gasteiger partial charge in [-0.15, -0.1) is 6.58 Å². The molecule has 0 bridgehead atoms. The Morgan fingerprint density at radius 3 is 2.14 bits per heavy atom. The highest BCUT2D eigenvalue weighted by Gasteiger charge is 2.14. The SMILES string of the molecule is C=CCN(CCc1cc(OC)c(OC)c(OC)c1)C(=O)C=C. The minimum absolute atomic E-state index is 0.118. The van der Waals surface area contributed by atoms with Crippen LogP contribution in [0, 0.1) is 0 Å². The van der Waals surface area contributed by atoms with Crippen molar-refractivity contribution in [2.75, 3.05) is 34.4 Å². The molecule has 5 nitrogen and oxygen atoms in total. The summed E-state index contributed by atoms with van der Waals surface area (Å²) < 4.78 is 15.9. The third-order valence-electron chi connectivity index (χ3n) is 3.23. The molecule has 5 heteroatoms. The molecule has 0 saturated carbocycles. The summed E-state index contributed by atoms with van der Waals surface area (Å²) in [5.41, 5.74) is 0.987. The van der Waals surface area contributed by atoms with Crippen LogP contribution in [0.25, 0.3) is 0 Å². The Morgan fingerprint density at radius 1 is 1.14 bits per heavy atom. The van der Waals surface area contributed by atoms with Crippen molar-refractivity contribution in [2.45, 2.75) is 6.42 Å². The predicted molar refractivity (Wildman–Crippen MR) is 86.8 cm³/mol. The lowest BCUT2D eigenvalue weighted by Crippen LogP contribution is -2.31. The molecular formula is C17H23NO4. The van der Waals surface area contributed by atoms with Gasteiger partial charge >= 0.3 is 0 Å². The maximum Gasteiger partial charge on any atom is 0.246 e. The van der Waals surface area contributed by atoms with Gasteiger partial charge < -0.3 is 19.1 Å². The Kier molecular flexibility index (Phi) is 7.02. The first kappa shape index (κ1) is 17.6. The molecule has 0 aliphatic heterocycles. The van der Waals surface area contributed by atoms with E-state index in [0.717, 1.165) is 5.56 Å². The Labute approximate surface area is 131 Å². The molecule has 1 amide bonds. The number of hydrogen-bond acceptors (Lipinski definition) is 4. The van der Waals surface area contributed by atoms with Crippen molar-refractivity contribution >= 4 is 5.91 Å². The zero-order valence-electron chi connectivity index (χ0n) is 13.4. The monoisotopic (exact) mass is 305 g/mol. The van der Waals surface area contributed by atoms with Gasteiger partial charge in [-0.3, -0.25) is 4.79 Å². The topological polar surface area (TPSA) is 48.0 Å². The van der Waals surface area contributed by atoms with Gasteiger partial charge in [0.1, 0.15) is 0 Å². The Morgan fingerprint density at radius 2 is 1.73 bits per heavy atom. The van der Waals surface area contributed by atoms with Gasteiger partial charge in [-0.1, -0.05) is 12.7 Å². The molecule has 22 heavy (non-hydrogen) atoms. The van der Waals surface area contributed by atoms with Gasteiger partial charge in [0.25, 0.3) is 0 Å². The maximum atomic E-state index is 11.8. The Balaban J connectivity index is 2.95. The third kappa shape index (κ3) is 4.28. The van der Waals surface area contributed by atoms with Gasteiger partial charge in [0.05, 0.1) is 21.3 Å². The molecule has 0 fully saturated rings. The quantitative estimate of drug-likeness (QED) is 0.519. The van der Waals surface area contributed by atoms with Crippen molar-refractivity contribution in [2.24, 2.45) is 0 Å². The fourth-order valence-electron chi connectivity index (χ4n) is 2.12. The number of hydrogen-bond donors (Lipinski definition) is 0. The van der Waals surface area contributed by atoms with E-state index in [1.54, 1.807) is 32.3 Å². The molecule has 1 aromatic rings. The fourth-order valence-corrected chi connectivity index (χ4v) is 2.12. The highest BCUT2D eigenvalue weighted by Crippen LogP contribution is 2.38. The molecule has 0 aliphatic carbocycles. The predicted octanol–water partition coefficient (Wildman–Crippen LogP) is 2.46. The summed E-state index contributed by atoms with van der Waals surface area (Å²) >= 11 is 0. The second kappa shape index (κ2) is 8.77. The van der Waals surface area contributed by atoms with Crippen LogP contribution in [0.4, 0.5) is 0 Å². The summed E-state index contributed by atoms with van der Waals surface area (Å²) in [5.74, 6) is 1.63. The van der Waals surface area contributed by atoms with Gasteiger partial charge in [-0.05, 0) is 30.2 Å². The van der Waals surface area contributed by atoms with E-state index in [4.69, 9.17) is 14.2 Å². The smallest absolute Gasteiger partial charge is 0.246 e. The highest BCUT2D eigenvalue weighted by atomic mass is 16.5. The average Bonchev–Trinajstić information content (AvgIpc) is 2.56. The number of ether oxygens (including phenoxy) is 3. The molecule has 120 valence electrons. The van der Waals surface area contributed by atoms with E-state index >= 15 is 0 Å². The van der Waals surface area contributed by atoms with Gasteiger partial charge in [-0.2, -0.15) is 0 Å². The summed E-state index contributed by atoms with van der Waals surface area (Å²) in [6, 6.07) is 3.76. The van der Waals surface area contributed by atoms with Crippen molar-refractivity contribution in [3.8, 4) is 17.2 Å². The summed E-state index contributed by atoms with van der Waals surface area (Å²) in [6.07, 6.45) is 3.65. The van der Waals surface area contributed by atoms with Crippen LogP contribution < -0.4 is 14.2 Å². The van der Waals surface area contributed by atoms with Crippen LogP contribution in [0.3, 0.4) is 0 Å². The molecule has 0 aromatic heterocycles. The van der Waals surface area contributed by atoms with Crippen LogP contribution in [0.15, 0.2) is 37.4 Å². The number of amides is 1. The normalized spacial score (nSPS) is 9.77. The van der Waals surface area contributed by atoms with E-state index in [0.29, 0.717) is 36.8 Å². The zero-order chi connectivity index (χ0) is 16.5.